The van der Waals surface area contributed by atoms with E-state index in [1.54, 1.807) is 29.2 Å². The van der Waals surface area contributed by atoms with Gasteiger partial charge in [-0.3, -0.25) is 9.78 Å². The summed E-state index contributed by atoms with van der Waals surface area (Å²) in [4.78, 5) is 25.5. The van der Waals surface area contributed by atoms with Crippen LogP contribution in [0.2, 0.25) is 0 Å². The number of hydrogen-bond acceptors (Lipinski definition) is 6. The normalized spacial score (nSPS) is 21.7. The molecule has 0 radical (unpaired) electrons. The van der Waals surface area contributed by atoms with E-state index >= 15 is 0 Å². The number of rotatable bonds is 5. The summed E-state index contributed by atoms with van der Waals surface area (Å²) in [7, 11) is 0. The Hall–Kier alpha value is -3.09. The van der Waals surface area contributed by atoms with E-state index in [1.807, 2.05) is 24.5 Å². The highest BCUT2D eigenvalue weighted by Crippen LogP contribution is 2.39. The number of pyridine rings is 1. The van der Waals surface area contributed by atoms with Gasteiger partial charge in [-0.2, -0.15) is 5.10 Å². The summed E-state index contributed by atoms with van der Waals surface area (Å²) in [6.07, 6.45) is 13.7. The topological polar surface area (TPSA) is 85.6 Å². The average Bonchev–Trinajstić information content (AvgIpc) is 3.62. The summed E-state index contributed by atoms with van der Waals surface area (Å²) < 4.78 is 1.65. The maximum Gasteiger partial charge on any atom is 0.267 e. The van der Waals surface area contributed by atoms with Crippen LogP contribution in [0.3, 0.4) is 0 Å². The van der Waals surface area contributed by atoms with Crippen molar-refractivity contribution < 1.29 is 0 Å². The third kappa shape index (κ3) is 4.04. The number of hydrogen-bond donors (Lipinski definition) is 1. The van der Waals surface area contributed by atoms with Gasteiger partial charge in [-0.05, 0) is 68.2 Å². The first kappa shape index (κ1) is 18.0. The van der Waals surface area contributed by atoms with Crippen LogP contribution in [0.5, 0.6) is 0 Å². The first-order valence-electron chi connectivity index (χ1n) is 10.3. The van der Waals surface area contributed by atoms with Crippen molar-refractivity contribution in [2.75, 3.05) is 5.32 Å². The lowest BCUT2D eigenvalue weighted by atomic mass is 9.91. The first-order chi connectivity index (χ1) is 14.3. The lowest BCUT2D eigenvalue weighted by Crippen LogP contribution is -2.33. The zero-order chi connectivity index (χ0) is 19.6. The fraction of sp³-hybridized carbons (Fsp3) is 0.409. The summed E-state index contributed by atoms with van der Waals surface area (Å²) in [5.41, 5.74) is 2.90. The molecule has 2 fully saturated rings. The van der Waals surface area contributed by atoms with Crippen molar-refractivity contribution >= 4 is 5.95 Å². The zero-order valence-electron chi connectivity index (χ0n) is 16.2. The molecule has 0 aromatic carbocycles. The molecule has 2 saturated carbocycles. The molecule has 148 valence electrons. The van der Waals surface area contributed by atoms with Crippen molar-refractivity contribution in [3.8, 4) is 11.3 Å². The highest BCUT2D eigenvalue weighted by molar-refractivity contribution is 5.56. The van der Waals surface area contributed by atoms with E-state index in [1.165, 1.54) is 18.4 Å². The van der Waals surface area contributed by atoms with Crippen LogP contribution in [0.1, 0.15) is 56.0 Å². The summed E-state index contributed by atoms with van der Waals surface area (Å²) in [5.74, 6) is 1.37. The second-order valence-electron chi connectivity index (χ2n) is 8.01. The minimum absolute atomic E-state index is 0.0481. The Balaban J connectivity index is 1.24. The average molecular weight is 388 g/mol. The molecule has 3 aromatic rings. The Morgan fingerprint density at radius 2 is 1.72 bits per heavy atom. The van der Waals surface area contributed by atoms with Crippen LogP contribution in [0.25, 0.3) is 11.3 Å². The molecule has 7 nitrogen and oxygen atoms in total. The number of aromatic nitrogens is 5. The fourth-order valence-electron chi connectivity index (χ4n) is 4.04. The minimum Gasteiger partial charge on any atom is -0.351 e. The van der Waals surface area contributed by atoms with Gasteiger partial charge in [0.1, 0.15) is 0 Å². The SMILES string of the molecule is O=c1ccc(-c2cccnc2)nn1C1CCC(Nc2ncc(C3CC3)cn2)CC1. The van der Waals surface area contributed by atoms with Gasteiger partial charge >= 0.3 is 0 Å². The monoisotopic (exact) mass is 388 g/mol. The Kier molecular flexibility index (Phi) is 4.79. The molecule has 0 spiro atoms. The Morgan fingerprint density at radius 1 is 0.931 bits per heavy atom. The molecule has 0 unspecified atom stereocenters. The van der Waals surface area contributed by atoms with E-state index in [0.29, 0.717) is 17.9 Å². The molecule has 7 heteroatoms. The quantitative estimate of drug-likeness (QED) is 0.719. The van der Waals surface area contributed by atoms with Crippen molar-refractivity contribution in [1.29, 1.82) is 0 Å². The van der Waals surface area contributed by atoms with Crippen molar-refractivity contribution in [2.24, 2.45) is 0 Å². The maximum atomic E-state index is 12.4. The molecule has 0 aliphatic heterocycles. The minimum atomic E-state index is -0.0481. The van der Waals surface area contributed by atoms with Gasteiger partial charge in [0.2, 0.25) is 5.95 Å². The first-order valence-corrected chi connectivity index (χ1v) is 10.3. The van der Waals surface area contributed by atoms with Crippen LogP contribution in [-0.2, 0) is 0 Å². The fourth-order valence-corrected chi connectivity index (χ4v) is 4.04. The van der Waals surface area contributed by atoms with Gasteiger partial charge in [0.25, 0.3) is 5.56 Å². The summed E-state index contributed by atoms with van der Waals surface area (Å²) in [5, 5.41) is 8.08. The second kappa shape index (κ2) is 7.73. The molecule has 2 aliphatic rings. The van der Waals surface area contributed by atoms with Gasteiger partial charge in [-0.1, -0.05) is 0 Å². The second-order valence-corrected chi connectivity index (χ2v) is 8.01. The van der Waals surface area contributed by atoms with Crippen molar-refractivity contribution in [3.63, 3.8) is 0 Å². The lowest BCUT2D eigenvalue weighted by Gasteiger charge is -2.29. The van der Waals surface area contributed by atoms with Crippen molar-refractivity contribution in [3.05, 3.63) is 65.0 Å². The highest BCUT2D eigenvalue weighted by atomic mass is 16.1. The van der Waals surface area contributed by atoms with Crippen molar-refractivity contribution in [1.82, 2.24) is 24.7 Å². The Bertz CT molecular complexity index is 1020. The van der Waals surface area contributed by atoms with E-state index in [2.05, 4.69) is 25.4 Å². The molecule has 0 amide bonds. The van der Waals surface area contributed by atoms with E-state index in [4.69, 9.17) is 0 Å². The number of anilines is 1. The van der Waals surface area contributed by atoms with Crippen molar-refractivity contribution in [2.45, 2.75) is 56.5 Å². The molecular weight excluding hydrogens is 364 g/mol. The molecule has 3 heterocycles. The molecule has 0 saturated heterocycles. The van der Waals surface area contributed by atoms with Crippen LogP contribution < -0.4 is 10.9 Å². The van der Waals surface area contributed by atoms with Gasteiger partial charge in [-0.25, -0.2) is 14.6 Å². The van der Waals surface area contributed by atoms with Crippen LogP contribution in [0.15, 0.2) is 53.8 Å². The predicted octanol–water partition coefficient (Wildman–Crippen LogP) is 3.57. The smallest absolute Gasteiger partial charge is 0.267 e. The molecule has 2 aliphatic carbocycles. The van der Waals surface area contributed by atoms with Gasteiger partial charge in [0, 0.05) is 42.5 Å². The van der Waals surface area contributed by atoms with Crippen LogP contribution in [-0.4, -0.2) is 30.8 Å². The van der Waals surface area contributed by atoms with Crippen LogP contribution in [0.4, 0.5) is 5.95 Å². The van der Waals surface area contributed by atoms with E-state index in [9.17, 15) is 4.79 Å². The Morgan fingerprint density at radius 3 is 2.41 bits per heavy atom. The maximum absolute atomic E-state index is 12.4. The van der Waals surface area contributed by atoms with E-state index in [-0.39, 0.29) is 11.6 Å². The zero-order valence-corrected chi connectivity index (χ0v) is 16.2. The standard InChI is InChI=1S/C22H24N6O/c29-21-10-9-20(16-2-1-11-23-12-16)27-28(21)19-7-5-18(6-8-19)26-22-24-13-17(14-25-22)15-3-4-15/h1-2,9-15,18-19H,3-8H2,(H,24,25,26). The molecule has 0 bridgehead atoms. The third-order valence-corrected chi connectivity index (χ3v) is 5.88. The molecule has 0 atom stereocenters. The predicted molar refractivity (Wildman–Crippen MR) is 111 cm³/mol. The molecular formula is C22H24N6O. The summed E-state index contributed by atoms with van der Waals surface area (Å²) in [6, 6.07) is 7.66. The van der Waals surface area contributed by atoms with E-state index in [0.717, 1.165) is 36.9 Å². The lowest BCUT2D eigenvalue weighted by molar-refractivity contribution is 0.304. The number of nitrogens with one attached hydrogen (secondary N) is 1. The highest BCUT2D eigenvalue weighted by Gasteiger charge is 2.26. The van der Waals surface area contributed by atoms with Gasteiger partial charge < -0.3 is 5.32 Å². The molecule has 3 aromatic heterocycles. The molecule has 1 N–H and O–H groups in total. The third-order valence-electron chi connectivity index (χ3n) is 5.88. The molecule has 29 heavy (non-hydrogen) atoms. The molecule has 5 rings (SSSR count). The summed E-state index contributed by atoms with van der Waals surface area (Å²) in [6.45, 7) is 0. The Labute approximate surface area is 169 Å². The van der Waals surface area contributed by atoms with Gasteiger partial charge in [-0.15, -0.1) is 0 Å². The van der Waals surface area contributed by atoms with Crippen LogP contribution in [0, 0.1) is 0 Å². The van der Waals surface area contributed by atoms with E-state index < -0.39 is 0 Å². The van der Waals surface area contributed by atoms with Gasteiger partial charge in [0.15, 0.2) is 0 Å². The summed E-state index contributed by atoms with van der Waals surface area (Å²) >= 11 is 0. The van der Waals surface area contributed by atoms with Crippen LogP contribution >= 0.6 is 0 Å². The number of nitrogens with zero attached hydrogens (tertiary/aromatic N) is 5. The largest absolute Gasteiger partial charge is 0.351 e. The van der Waals surface area contributed by atoms with Gasteiger partial charge in [0.05, 0.1) is 11.7 Å².